The fourth-order valence-electron chi connectivity index (χ4n) is 2.85. The quantitative estimate of drug-likeness (QED) is 0.886. The lowest BCUT2D eigenvalue weighted by Gasteiger charge is -2.34. The molecule has 1 amide bonds. The molecular weight excluding hydrogens is 282 g/mol. The van der Waals surface area contributed by atoms with Gasteiger partial charge in [0.05, 0.1) is 6.61 Å². The summed E-state index contributed by atoms with van der Waals surface area (Å²) in [5, 5.41) is 12.9. The van der Waals surface area contributed by atoms with E-state index in [2.05, 4.69) is 10.1 Å². The second-order valence-corrected chi connectivity index (χ2v) is 5.60. The van der Waals surface area contributed by atoms with Gasteiger partial charge in [-0.05, 0) is 5.56 Å². The van der Waals surface area contributed by atoms with Gasteiger partial charge in [0.2, 0.25) is 0 Å². The van der Waals surface area contributed by atoms with Crippen molar-refractivity contribution in [3.8, 4) is 0 Å². The Morgan fingerprint density at radius 2 is 1.95 bits per heavy atom. The Balaban J connectivity index is 1.54. The van der Waals surface area contributed by atoms with E-state index in [4.69, 9.17) is 9.94 Å². The Bertz CT molecular complexity index is 539. The fourth-order valence-corrected chi connectivity index (χ4v) is 2.85. The molecule has 3 rings (SSSR count). The average molecular weight is 303 g/mol. The van der Waals surface area contributed by atoms with Crippen LogP contribution in [-0.4, -0.2) is 65.9 Å². The number of amides is 1. The van der Waals surface area contributed by atoms with Crippen molar-refractivity contribution >= 4 is 11.6 Å². The lowest BCUT2D eigenvalue weighted by Crippen LogP contribution is -2.50. The van der Waals surface area contributed by atoms with Crippen LogP contribution in [0.1, 0.15) is 18.1 Å². The number of piperazine rings is 1. The van der Waals surface area contributed by atoms with Crippen LogP contribution in [0.3, 0.4) is 0 Å². The van der Waals surface area contributed by atoms with E-state index in [9.17, 15) is 4.79 Å². The molecule has 0 saturated carbocycles. The summed E-state index contributed by atoms with van der Waals surface area (Å²) >= 11 is 0. The van der Waals surface area contributed by atoms with Crippen LogP contribution >= 0.6 is 0 Å². The second-order valence-electron chi connectivity index (χ2n) is 5.60. The van der Waals surface area contributed by atoms with Crippen LogP contribution in [0.15, 0.2) is 35.5 Å². The predicted molar refractivity (Wildman–Crippen MR) is 82.4 cm³/mol. The van der Waals surface area contributed by atoms with Gasteiger partial charge in [-0.1, -0.05) is 35.5 Å². The van der Waals surface area contributed by atoms with Gasteiger partial charge in [0, 0.05) is 39.1 Å². The number of oxime groups is 1. The van der Waals surface area contributed by atoms with E-state index in [-0.39, 0.29) is 18.6 Å². The van der Waals surface area contributed by atoms with Crippen molar-refractivity contribution in [1.82, 2.24) is 9.80 Å². The standard InChI is InChI=1S/C16H21N3O3/c20-11-10-18-6-8-19(9-7-18)16(21)14-12-15(22-17-14)13-4-2-1-3-5-13/h1-5,15,20H,6-12H2/t15-/m1/s1. The summed E-state index contributed by atoms with van der Waals surface area (Å²) in [4.78, 5) is 21.9. The molecule has 6 nitrogen and oxygen atoms in total. The van der Waals surface area contributed by atoms with Gasteiger partial charge in [0.25, 0.3) is 5.91 Å². The van der Waals surface area contributed by atoms with Crippen LogP contribution in [0.2, 0.25) is 0 Å². The van der Waals surface area contributed by atoms with Gasteiger partial charge >= 0.3 is 0 Å². The summed E-state index contributed by atoms with van der Waals surface area (Å²) in [6.45, 7) is 3.77. The largest absolute Gasteiger partial charge is 0.395 e. The molecule has 22 heavy (non-hydrogen) atoms. The minimum Gasteiger partial charge on any atom is -0.395 e. The van der Waals surface area contributed by atoms with Crippen molar-refractivity contribution in [2.45, 2.75) is 12.5 Å². The highest BCUT2D eigenvalue weighted by molar-refractivity contribution is 6.39. The molecule has 6 heteroatoms. The number of hydrogen-bond donors (Lipinski definition) is 1. The number of hydrogen-bond acceptors (Lipinski definition) is 5. The van der Waals surface area contributed by atoms with E-state index in [0.717, 1.165) is 18.7 Å². The predicted octanol–water partition coefficient (Wildman–Crippen LogP) is 0.640. The number of aliphatic hydroxyl groups excluding tert-OH is 1. The number of nitrogens with zero attached hydrogens (tertiary/aromatic N) is 3. The monoisotopic (exact) mass is 303 g/mol. The summed E-state index contributed by atoms with van der Waals surface area (Å²) in [5.41, 5.74) is 1.55. The third kappa shape index (κ3) is 3.28. The first-order chi connectivity index (χ1) is 10.8. The fraction of sp³-hybridized carbons (Fsp3) is 0.500. The normalized spacial score (nSPS) is 22.3. The maximum absolute atomic E-state index is 12.5. The minimum atomic E-state index is -0.157. The molecule has 2 aliphatic rings. The van der Waals surface area contributed by atoms with Crippen LogP contribution in [0.4, 0.5) is 0 Å². The molecule has 0 unspecified atom stereocenters. The van der Waals surface area contributed by atoms with Gasteiger partial charge in [-0.15, -0.1) is 0 Å². The van der Waals surface area contributed by atoms with Crippen LogP contribution in [0.5, 0.6) is 0 Å². The van der Waals surface area contributed by atoms with E-state index in [1.54, 1.807) is 0 Å². The molecule has 0 radical (unpaired) electrons. The molecule has 1 fully saturated rings. The van der Waals surface area contributed by atoms with Gasteiger partial charge in [0.15, 0.2) is 6.10 Å². The molecule has 2 heterocycles. The minimum absolute atomic E-state index is 0.0259. The number of aliphatic hydroxyl groups is 1. The zero-order chi connectivity index (χ0) is 15.4. The van der Waals surface area contributed by atoms with Crippen LogP contribution < -0.4 is 0 Å². The summed E-state index contributed by atoms with van der Waals surface area (Å²) in [6, 6.07) is 9.84. The van der Waals surface area contributed by atoms with Crippen LogP contribution in [-0.2, 0) is 9.63 Å². The Kier molecular flexibility index (Phi) is 4.70. The third-order valence-electron chi connectivity index (χ3n) is 4.16. The zero-order valence-corrected chi connectivity index (χ0v) is 12.5. The Morgan fingerprint density at radius 3 is 2.64 bits per heavy atom. The van der Waals surface area contributed by atoms with Crippen LogP contribution in [0, 0.1) is 0 Å². The molecule has 1 N–H and O–H groups in total. The van der Waals surface area contributed by atoms with Crippen molar-refractivity contribution in [2.75, 3.05) is 39.3 Å². The average Bonchev–Trinajstić information content (AvgIpc) is 3.06. The maximum Gasteiger partial charge on any atom is 0.271 e. The molecular formula is C16H21N3O3. The summed E-state index contributed by atoms with van der Waals surface area (Å²) in [6.07, 6.45) is 0.371. The number of rotatable bonds is 4. The van der Waals surface area contributed by atoms with Gasteiger partial charge < -0.3 is 14.8 Å². The lowest BCUT2D eigenvalue weighted by atomic mass is 10.0. The smallest absolute Gasteiger partial charge is 0.271 e. The van der Waals surface area contributed by atoms with Gasteiger partial charge in [0.1, 0.15) is 5.71 Å². The van der Waals surface area contributed by atoms with Gasteiger partial charge in [-0.2, -0.15) is 0 Å². The number of β-amino-alcohol motifs (C(OH)–C–C–N with tert-alkyl or cyclic N) is 1. The van der Waals surface area contributed by atoms with Gasteiger partial charge in [-0.25, -0.2) is 0 Å². The molecule has 1 aromatic carbocycles. The van der Waals surface area contributed by atoms with Crippen LogP contribution in [0.25, 0.3) is 0 Å². The summed E-state index contributed by atoms with van der Waals surface area (Å²) < 4.78 is 0. The maximum atomic E-state index is 12.5. The molecule has 0 bridgehead atoms. The summed E-state index contributed by atoms with van der Waals surface area (Å²) in [7, 11) is 0. The Labute approximate surface area is 130 Å². The molecule has 1 atom stereocenters. The molecule has 0 aliphatic carbocycles. The second kappa shape index (κ2) is 6.89. The van der Waals surface area contributed by atoms with Gasteiger partial charge in [-0.3, -0.25) is 9.69 Å². The number of benzene rings is 1. The van der Waals surface area contributed by atoms with E-state index < -0.39 is 0 Å². The molecule has 1 saturated heterocycles. The van der Waals surface area contributed by atoms with Crippen molar-refractivity contribution in [2.24, 2.45) is 5.16 Å². The highest BCUT2D eigenvalue weighted by Crippen LogP contribution is 2.27. The summed E-state index contributed by atoms with van der Waals surface area (Å²) in [5.74, 6) is -0.0259. The van der Waals surface area contributed by atoms with E-state index in [1.807, 2.05) is 35.2 Å². The van der Waals surface area contributed by atoms with E-state index >= 15 is 0 Å². The van der Waals surface area contributed by atoms with Crippen molar-refractivity contribution in [3.05, 3.63) is 35.9 Å². The van der Waals surface area contributed by atoms with Crippen molar-refractivity contribution < 1.29 is 14.7 Å². The zero-order valence-electron chi connectivity index (χ0n) is 12.5. The first kappa shape index (κ1) is 15.0. The number of carbonyl (C=O) groups excluding carboxylic acids is 1. The van der Waals surface area contributed by atoms with E-state index in [0.29, 0.717) is 31.8 Å². The molecule has 2 aliphatic heterocycles. The topological polar surface area (TPSA) is 65.4 Å². The first-order valence-electron chi connectivity index (χ1n) is 7.68. The molecule has 0 spiro atoms. The first-order valence-corrected chi connectivity index (χ1v) is 7.68. The third-order valence-corrected chi connectivity index (χ3v) is 4.16. The van der Waals surface area contributed by atoms with E-state index in [1.165, 1.54) is 0 Å². The van der Waals surface area contributed by atoms with Crippen molar-refractivity contribution in [3.63, 3.8) is 0 Å². The van der Waals surface area contributed by atoms with Crippen molar-refractivity contribution in [1.29, 1.82) is 0 Å². The number of carbonyl (C=O) groups is 1. The SMILES string of the molecule is O=C(C1=NO[C@@H](c2ccccc2)C1)N1CCN(CCO)CC1. The Hall–Kier alpha value is -1.92. The lowest BCUT2D eigenvalue weighted by molar-refractivity contribution is -0.125. The molecule has 0 aromatic heterocycles. The molecule has 118 valence electrons. The molecule has 1 aromatic rings. The Morgan fingerprint density at radius 1 is 1.23 bits per heavy atom. The highest BCUT2D eigenvalue weighted by Gasteiger charge is 2.31. The highest BCUT2D eigenvalue weighted by atomic mass is 16.6.